The number of amides is 1. The second kappa shape index (κ2) is 5.26. The van der Waals surface area contributed by atoms with E-state index in [4.69, 9.17) is 4.74 Å². The maximum absolute atomic E-state index is 10.9. The molecule has 0 fully saturated rings. The normalized spacial score (nSPS) is 11.4. The zero-order valence-electron chi connectivity index (χ0n) is 8.66. The average Bonchev–Trinajstić information content (AvgIpc) is 1.97. The Morgan fingerprint density at radius 2 is 1.43 bits per heavy atom. The largest absolute Gasteiger partial charge is 0.462 e. The van der Waals surface area contributed by atoms with Gasteiger partial charge in [0, 0.05) is 13.8 Å². The molecule has 0 bridgehead atoms. The second-order valence-corrected chi connectivity index (χ2v) is 2.87. The van der Waals surface area contributed by atoms with E-state index >= 15 is 0 Å². The summed E-state index contributed by atoms with van der Waals surface area (Å²) in [5, 5.41) is 0. The molecule has 1 amide bonds. The fraction of sp³-hybridized carbons (Fsp3) is 0.556. The van der Waals surface area contributed by atoms with Gasteiger partial charge in [-0.05, 0) is 13.8 Å². The van der Waals surface area contributed by atoms with Crippen LogP contribution in [-0.4, -0.2) is 29.5 Å². The van der Waals surface area contributed by atoms with E-state index in [1.807, 2.05) is 0 Å². The van der Waals surface area contributed by atoms with Crippen LogP contribution in [0.4, 0.5) is 0 Å². The molecule has 0 radical (unpaired) electrons. The SMILES string of the molecule is CC(=O)N=C(C)OC(C(C)=O)C(C)=O. The van der Waals surface area contributed by atoms with Crippen molar-refractivity contribution in [1.29, 1.82) is 0 Å². The van der Waals surface area contributed by atoms with Gasteiger partial charge in [0.15, 0.2) is 17.5 Å². The molecule has 0 rings (SSSR count). The monoisotopic (exact) mass is 199 g/mol. The first-order valence-corrected chi connectivity index (χ1v) is 4.08. The fourth-order valence-electron chi connectivity index (χ4n) is 0.871. The number of rotatable bonds is 3. The molecule has 14 heavy (non-hydrogen) atoms. The predicted molar refractivity (Wildman–Crippen MR) is 50.0 cm³/mol. The van der Waals surface area contributed by atoms with Crippen molar-refractivity contribution in [2.24, 2.45) is 4.99 Å². The quantitative estimate of drug-likeness (QED) is 0.377. The highest BCUT2D eigenvalue weighted by Crippen LogP contribution is 1.98. The Hall–Kier alpha value is -1.52. The molecule has 0 unspecified atom stereocenters. The molecule has 78 valence electrons. The lowest BCUT2D eigenvalue weighted by atomic mass is 10.2. The number of ketones is 2. The third kappa shape index (κ3) is 4.49. The highest BCUT2D eigenvalue weighted by molar-refractivity contribution is 6.05. The van der Waals surface area contributed by atoms with Crippen molar-refractivity contribution in [3.05, 3.63) is 0 Å². The zero-order valence-corrected chi connectivity index (χ0v) is 8.66. The van der Waals surface area contributed by atoms with Crippen molar-refractivity contribution in [3.8, 4) is 0 Å². The van der Waals surface area contributed by atoms with Crippen LogP contribution in [0, 0.1) is 0 Å². The summed E-state index contributed by atoms with van der Waals surface area (Å²) in [5.74, 6) is -1.23. The predicted octanol–water partition coefficient (Wildman–Crippen LogP) is 0.515. The summed E-state index contributed by atoms with van der Waals surface area (Å²) in [6, 6.07) is 0. The Bertz CT molecular complexity index is 279. The standard InChI is InChI=1S/C9H13NO4/c1-5(11)9(6(2)12)14-8(4)10-7(3)13/h9H,1-4H3. The summed E-state index contributed by atoms with van der Waals surface area (Å²) in [6.07, 6.45) is -1.15. The molecular weight excluding hydrogens is 186 g/mol. The maximum Gasteiger partial charge on any atom is 0.245 e. The number of aliphatic imine (C=N–C) groups is 1. The number of hydrogen-bond donors (Lipinski definition) is 0. The van der Waals surface area contributed by atoms with Crippen molar-refractivity contribution in [2.45, 2.75) is 33.8 Å². The molecule has 0 saturated heterocycles. The highest BCUT2D eigenvalue weighted by atomic mass is 16.5. The Balaban J connectivity index is 4.54. The molecule has 0 atom stereocenters. The summed E-state index contributed by atoms with van der Waals surface area (Å²) < 4.78 is 4.91. The van der Waals surface area contributed by atoms with Crippen LogP contribution in [-0.2, 0) is 19.1 Å². The van der Waals surface area contributed by atoms with E-state index in [9.17, 15) is 14.4 Å². The lowest BCUT2D eigenvalue weighted by Crippen LogP contribution is -2.31. The summed E-state index contributed by atoms with van der Waals surface area (Å²) in [5.41, 5.74) is 0. The van der Waals surface area contributed by atoms with Gasteiger partial charge in [-0.1, -0.05) is 0 Å². The Kier molecular flexibility index (Phi) is 4.69. The van der Waals surface area contributed by atoms with Gasteiger partial charge in [-0.25, -0.2) is 0 Å². The minimum atomic E-state index is -1.15. The molecule has 0 aromatic rings. The highest BCUT2D eigenvalue weighted by Gasteiger charge is 2.21. The zero-order chi connectivity index (χ0) is 11.3. The van der Waals surface area contributed by atoms with E-state index in [2.05, 4.69) is 4.99 Å². The van der Waals surface area contributed by atoms with Gasteiger partial charge in [0.25, 0.3) is 0 Å². The van der Waals surface area contributed by atoms with Gasteiger partial charge in [0.05, 0.1) is 0 Å². The van der Waals surface area contributed by atoms with E-state index in [1.165, 1.54) is 27.7 Å². The molecule has 5 nitrogen and oxygen atoms in total. The number of carbonyl (C=O) groups is 3. The molecule has 0 aliphatic carbocycles. The van der Waals surface area contributed by atoms with Crippen LogP contribution >= 0.6 is 0 Å². The second-order valence-electron chi connectivity index (χ2n) is 2.87. The Labute approximate surface area is 82.2 Å². The van der Waals surface area contributed by atoms with E-state index in [0.717, 1.165) is 0 Å². The molecule has 0 heterocycles. The van der Waals surface area contributed by atoms with Crippen molar-refractivity contribution in [2.75, 3.05) is 0 Å². The van der Waals surface area contributed by atoms with Crippen LogP contribution in [0.2, 0.25) is 0 Å². The number of nitrogens with zero attached hydrogens (tertiary/aromatic N) is 1. The van der Waals surface area contributed by atoms with E-state index < -0.39 is 23.6 Å². The van der Waals surface area contributed by atoms with Gasteiger partial charge in [-0.2, -0.15) is 4.99 Å². The molecule has 0 aliphatic heterocycles. The van der Waals surface area contributed by atoms with Gasteiger partial charge < -0.3 is 4.74 Å². The lowest BCUT2D eigenvalue weighted by molar-refractivity contribution is -0.135. The third-order valence-corrected chi connectivity index (χ3v) is 1.34. The van der Waals surface area contributed by atoms with Crippen LogP contribution in [0.5, 0.6) is 0 Å². The molecule has 0 saturated carbocycles. The number of carbonyl (C=O) groups excluding carboxylic acids is 3. The van der Waals surface area contributed by atoms with Gasteiger partial charge >= 0.3 is 0 Å². The summed E-state index contributed by atoms with van der Waals surface area (Å²) in [4.78, 5) is 35.8. The first kappa shape index (κ1) is 12.5. The Morgan fingerprint density at radius 3 is 1.71 bits per heavy atom. The molecule has 0 aliphatic rings. The smallest absolute Gasteiger partial charge is 0.245 e. The summed E-state index contributed by atoms with van der Waals surface area (Å²) >= 11 is 0. The number of Topliss-reactive ketones (excluding diaryl/α,β-unsaturated/α-hetero) is 2. The third-order valence-electron chi connectivity index (χ3n) is 1.34. The molecule has 0 aromatic carbocycles. The molecule has 0 aromatic heterocycles. The van der Waals surface area contributed by atoms with E-state index in [1.54, 1.807) is 0 Å². The average molecular weight is 199 g/mol. The lowest BCUT2D eigenvalue weighted by Gasteiger charge is -2.11. The van der Waals surface area contributed by atoms with Gasteiger partial charge in [0.1, 0.15) is 0 Å². The number of ether oxygens (including phenoxy) is 1. The van der Waals surface area contributed by atoms with Gasteiger partial charge in [0.2, 0.25) is 12.0 Å². The van der Waals surface area contributed by atoms with Crippen LogP contribution in [0.25, 0.3) is 0 Å². The van der Waals surface area contributed by atoms with Crippen molar-refractivity contribution < 1.29 is 19.1 Å². The molecular formula is C9H13NO4. The first-order valence-electron chi connectivity index (χ1n) is 4.08. The fourth-order valence-corrected chi connectivity index (χ4v) is 0.871. The van der Waals surface area contributed by atoms with Crippen LogP contribution in [0.15, 0.2) is 4.99 Å². The van der Waals surface area contributed by atoms with Crippen molar-refractivity contribution in [3.63, 3.8) is 0 Å². The number of hydrogen-bond acceptors (Lipinski definition) is 4. The van der Waals surface area contributed by atoms with Crippen molar-refractivity contribution in [1.82, 2.24) is 0 Å². The van der Waals surface area contributed by atoms with Crippen LogP contribution < -0.4 is 0 Å². The van der Waals surface area contributed by atoms with Gasteiger partial charge in [-0.15, -0.1) is 0 Å². The van der Waals surface area contributed by atoms with E-state index in [0.29, 0.717) is 0 Å². The minimum absolute atomic E-state index is 0.0212. The minimum Gasteiger partial charge on any atom is -0.462 e. The van der Waals surface area contributed by atoms with E-state index in [-0.39, 0.29) is 5.90 Å². The maximum atomic E-state index is 10.9. The first-order chi connectivity index (χ1) is 6.34. The van der Waals surface area contributed by atoms with Crippen LogP contribution in [0.3, 0.4) is 0 Å². The molecule has 5 heteroatoms. The van der Waals surface area contributed by atoms with Crippen molar-refractivity contribution >= 4 is 23.4 Å². The topological polar surface area (TPSA) is 72.8 Å². The van der Waals surface area contributed by atoms with Crippen LogP contribution in [0.1, 0.15) is 27.7 Å². The molecule has 0 spiro atoms. The summed E-state index contributed by atoms with van der Waals surface area (Å²) in [6.45, 7) is 5.16. The Morgan fingerprint density at radius 1 is 1.00 bits per heavy atom. The van der Waals surface area contributed by atoms with Gasteiger partial charge in [-0.3, -0.25) is 14.4 Å². The molecule has 0 N–H and O–H groups in total. The summed E-state index contributed by atoms with van der Waals surface area (Å²) in [7, 11) is 0.